The largest absolute Gasteiger partial charge is 0.463 e. The molecule has 0 amide bonds. The molecular formula is C10H10N2OS. The van der Waals surface area contributed by atoms with E-state index in [2.05, 4.69) is 9.97 Å². The highest BCUT2D eigenvalue weighted by atomic mass is 32.1. The van der Waals surface area contributed by atoms with Gasteiger partial charge >= 0.3 is 0 Å². The lowest BCUT2D eigenvalue weighted by Gasteiger charge is -2.02. The van der Waals surface area contributed by atoms with Crippen molar-refractivity contribution >= 4 is 12.2 Å². The van der Waals surface area contributed by atoms with Crippen LogP contribution in [-0.4, -0.2) is 9.97 Å². The number of H-pyrrole nitrogens is 1. The Morgan fingerprint density at radius 1 is 1.43 bits per heavy atom. The maximum Gasteiger partial charge on any atom is 0.155 e. The summed E-state index contributed by atoms with van der Waals surface area (Å²) in [6, 6.07) is 3.67. The minimum atomic E-state index is 0.614. The fourth-order valence-electron chi connectivity index (χ4n) is 1.20. The highest BCUT2D eigenvalue weighted by molar-refractivity contribution is 7.71. The van der Waals surface area contributed by atoms with Gasteiger partial charge in [-0.15, -0.1) is 0 Å². The van der Waals surface area contributed by atoms with Crippen LogP contribution >= 0.6 is 12.2 Å². The molecular weight excluding hydrogens is 196 g/mol. The Morgan fingerprint density at radius 2 is 2.21 bits per heavy atom. The number of aromatic amines is 1. The van der Waals surface area contributed by atoms with Gasteiger partial charge in [-0.1, -0.05) is 12.2 Å². The van der Waals surface area contributed by atoms with E-state index in [9.17, 15) is 0 Å². The molecule has 1 N–H and O–H groups in total. The number of nitrogens with one attached hydrogen (secondary N) is 1. The Balaban J connectivity index is 2.66. The molecule has 2 aromatic rings. The van der Waals surface area contributed by atoms with E-state index >= 15 is 0 Å². The van der Waals surface area contributed by atoms with Crippen LogP contribution in [0.4, 0.5) is 0 Å². The number of rotatable bonds is 1. The summed E-state index contributed by atoms with van der Waals surface area (Å²) in [6.45, 7) is 3.89. The summed E-state index contributed by atoms with van der Waals surface area (Å²) < 4.78 is 5.86. The summed E-state index contributed by atoms with van der Waals surface area (Å²) in [7, 11) is 0. The molecule has 0 saturated carbocycles. The summed E-state index contributed by atoms with van der Waals surface area (Å²) in [4.78, 5) is 7.47. The Morgan fingerprint density at radius 3 is 2.86 bits per heavy atom. The van der Waals surface area contributed by atoms with Crippen LogP contribution in [0, 0.1) is 18.5 Å². The molecule has 0 aromatic carbocycles. The molecule has 72 valence electrons. The summed E-state index contributed by atoms with van der Waals surface area (Å²) in [5, 5.41) is 0. The lowest BCUT2D eigenvalue weighted by Crippen LogP contribution is -1.95. The predicted octanol–water partition coefficient (Wildman–Crippen LogP) is 3.02. The first kappa shape index (κ1) is 9.15. The molecule has 3 nitrogen and oxygen atoms in total. The highest BCUT2D eigenvalue weighted by Crippen LogP contribution is 2.18. The maximum absolute atomic E-state index is 5.25. The first-order chi connectivity index (χ1) is 6.68. The van der Waals surface area contributed by atoms with Crippen LogP contribution in [0.5, 0.6) is 0 Å². The fourth-order valence-corrected chi connectivity index (χ4v) is 1.50. The molecule has 0 spiro atoms. The monoisotopic (exact) mass is 206 g/mol. The lowest BCUT2D eigenvalue weighted by molar-refractivity contribution is 0.579. The van der Waals surface area contributed by atoms with Crippen LogP contribution in [0.25, 0.3) is 11.5 Å². The highest BCUT2D eigenvalue weighted by Gasteiger charge is 2.06. The molecule has 0 radical (unpaired) electrons. The van der Waals surface area contributed by atoms with E-state index in [1.807, 2.05) is 26.0 Å². The summed E-state index contributed by atoms with van der Waals surface area (Å²) in [5.74, 6) is 0.703. The first-order valence-corrected chi connectivity index (χ1v) is 4.70. The minimum absolute atomic E-state index is 0.614. The van der Waals surface area contributed by atoms with Gasteiger partial charge in [-0.2, -0.15) is 0 Å². The molecule has 0 aliphatic carbocycles. The smallest absolute Gasteiger partial charge is 0.155 e. The molecule has 2 heterocycles. The number of hydrogen-bond acceptors (Lipinski definition) is 3. The van der Waals surface area contributed by atoms with Crippen LogP contribution in [0.3, 0.4) is 0 Å². The van der Waals surface area contributed by atoms with Crippen LogP contribution in [0.2, 0.25) is 0 Å². The van der Waals surface area contributed by atoms with Gasteiger partial charge in [-0.25, -0.2) is 4.98 Å². The van der Waals surface area contributed by atoms with Crippen LogP contribution < -0.4 is 0 Å². The van der Waals surface area contributed by atoms with Gasteiger partial charge in [0.1, 0.15) is 10.3 Å². The van der Waals surface area contributed by atoms with Gasteiger partial charge in [0.05, 0.1) is 12.0 Å². The fraction of sp³-hybridized carbons (Fsp3) is 0.200. The second-order valence-corrected chi connectivity index (χ2v) is 3.51. The Kier molecular flexibility index (Phi) is 2.21. The molecule has 0 aliphatic heterocycles. The topological polar surface area (TPSA) is 41.8 Å². The summed E-state index contributed by atoms with van der Waals surface area (Å²) in [6.07, 6.45) is 1.61. The van der Waals surface area contributed by atoms with Gasteiger partial charge in [0, 0.05) is 5.69 Å². The second-order valence-electron chi connectivity index (χ2n) is 3.10. The third kappa shape index (κ3) is 1.48. The van der Waals surface area contributed by atoms with Crippen molar-refractivity contribution in [3.63, 3.8) is 0 Å². The van der Waals surface area contributed by atoms with Gasteiger partial charge in [-0.3, -0.25) is 0 Å². The summed E-state index contributed by atoms with van der Waals surface area (Å²) >= 11 is 5.17. The molecule has 0 aliphatic rings. The first-order valence-electron chi connectivity index (χ1n) is 4.30. The molecule has 2 aromatic heterocycles. The number of furan rings is 1. The molecule has 0 fully saturated rings. The number of nitrogens with zero attached hydrogens (tertiary/aromatic N) is 1. The Hall–Kier alpha value is -1.42. The van der Waals surface area contributed by atoms with Crippen LogP contribution in [0.1, 0.15) is 11.4 Å². The lowest BCUT2D eigenvalue weighted by atomic mass is 10.3. The third-order valence-corrected chi connectivity index (χ3v) is 2.39. The van der Waals surface area contributed by atoms with Crippen molar-refractivity contribution in [1.29, 1.82) is 0 Å². The van der Waals surface area contributed by atoms with E-state index in [1.54, 1.807) is 6.26 Å². The molecule has 0 saturated heterocycles. The number of aryl methyl sites for hydroxylation is 2. The van der Waals surface area contributed by atoms with E-state index < -0.39 is 0 Å². The van der Waals surface area contributed by atoms with E-state index in [1.165, 1.54) is 0 Å². The number of aromatic nitrogens is 2. The Labute approximate surface area is 86.8 Å². The third-order valence-electron chi connectivity index (χ3n) is 2.09. The zero-order chi connectivity index (χ0) is 10.1. The minimum Gasteiger partial charge on any atom is -0.463 e. The van der Waals surface area contributed by atoms with E-state index in [0.717, 1.165) is 11.4 Å². The van der Waals surface area contributed by atoms with Gasteiger partial charge < -0.3 is 9.40 Å². The zero-order valence-electron chi connectivity index (χ0n) is 8.00. The SMILES string of the molecule is Cc1nc(-c2ccco2)c(=S)[nH]c1C. The van der Waals surface area contributed by atoms with Crippen molar-refractivity contribution in [2.45, 2.75) is 13.8 Å². The quantitative estimate of drug-likeness (QED) is 0.729. The average molecular weight is 206 g/mol. The number of hydrogen-bond donors (Lipinski definition) is 1. The van der Waals surface area contributed by atoms with E-state index in [-0.39, 0.29) is 0 Å². The van der Waals surface area contributed by atoms with Crippen molar-refractivity contribution in [3.05, 3.63) is 34.4 Å². The van der Waals surface area contributed by atoms with Crippen molar-refractivity contribution < 1.29 is 4.42 Å². The summed E-state index contributed by atoms with van der Waals surface area (Å²) in [5.41, 5.74) is 2.63. The van der Waals surface area contributed by atoms with E-state index in [4.69, 9.17) is 16.6 Å². The second kappa shape index (κ2) is 3.38. The van der Waals surface area contributed by atoms with Gasteiger partial charge in [-0.05, 0) is 26.0 Å². The molecule has 0 atom stereocenters. The predicted molar refractivity (Wildman–Crippen MR) is 56.6 cm³/mol. The van der Waals surface area contributed by atoms with Crippen molar-refractivity contribution in [2.75, 3.05) is 0 Å². The van der Waals surface area contributed by atoms with Crippen LogP contribution in [0.15, 0.2) is 22.8 Å². The van der Waals surface area contributed by atoms with Crippen molar-refractivity contribution in [1.82, 2.24) is 9.97 Å². The van der Waals surface area contributed by atoms with Crippen LogP contribution in [-0.2, 0) is 0 Å². The normalized spacial score (nSPS) is 10.4. The average Bonchev–Trinajstić information content (AvgIpc) is 2.64. The van der Waals surface area contributed by atoms with Gasteiger partial charge in [0.15, 0.2) is 5.76 Å². The molecule has 2 rings (SSSR count). The molecule has 4 heteroatoms. The van der Waals surface area contributed by atoms with Gasteiger partial charge in [0.2, 0.25) is 0 Å². The van der Waals surface area contributed by atoms with E-state index in [0.29, 0.717) is 16.1 Å². The van der Waals surface area contributed by atoms with Crippen molar-refractivity contribution in [3.8, 4) is 11.5 Å². The standard InChI is InChI=1S/C10H10N2OS/c1-6-7(2)12-10(14)9(11-6)8-4-3-5-13-8/h3-5H,1-2H3,(H,12,14). The van der Waals surface area contributed by atoms with Crippen molar-refractivity contribution in [2.24, 2.45) is 0 Å². The molecule has 0 bridgehead atoms. The zero-order valence-corrected chi connectivity index (χ0v) is 8.81. The molecule has 0 unspecified atom stereocenters. The maximum atomic E-state index is 5.25. The van der Waals surface area contributed by atoms with Gasteiger partial charge in [0.25, 0.3) is 0 Å². The Bertz CT molecular complexity index is 499. The molecule has 14 heavy (non-hydrogen) atoms.